The lowest BCUT2D eigenvalue weighted by atomic mass is 10.1. The van der Waals surface area contributed by atoms with Crippen LogP contribution in [0.15, 0.2) is 23.9 Å². The lowest BCUT2D eigenvalue weighted by Crippen LogP contribution is -2.02. The van der Waals surface area contributed by atoms with Crippen molar-refractivity contribution < 1.29 is 9.53 Å². The monoisotopic (exact) mass is 202 g/mol. The highest BCUT2D eigenvalue weighted by atomic mass is 16.5. The number of hydrogen-bond donors (Lipinski definition) is 0. The van der Waals surface area contributed by atoms with Gasteiger partial charge in [-0.1, -0.05) is 6.07 Å². The highest BCUT2D eigenvalue weighted by molar-refractivity contribution is 5.97. The first-order valence-corrected chi connectivity index (χ1v) is 4.30. The molecule has 4 heteroatoms. The molecule has 0 aliphatic carbocycles. The molecule has 0 aromatic carbocycles. The summed E-state index contributed by atoms with van der Waals surface area (Å²) >= 11 is 0. The van der Waals surface area contributed by atoms with E-state index in [0.717, 1.165) is 11.3 Å². The third-order valence-corrected chi connectivity index (χ3v) is 1.87. The molecular formula is C11H10N2O2. The fraction of sp³-hybridized carbons (Fsp3) is 0.182. The Morgan fingerprint density at radius 2 is 2.40 bits per heavy atom. The molecule has 0 amide bonds. The summed E-state index contributed by atoms with van der Waals surface area (Å²) in [6.07, 6.45) is 3.12. The standard InChI is InChI=1S/C11H10N2O2/c1-8-9(4-3-5-13-8)6-10(7-12)11(14)15-2/h3-6H,1-2H3/b10-6+. The largest absolute Gasteiger partial charge is 0.465 e. The van der Waals surface area contributed by atoms with Gasteiger partial charge in [0, 0.05) is 11.9 Å². The summed E-state index contributed by atoms with van der Waals surface area (Å²) in [5.41, 5.74) is 1.46. The first kappa shape index (κ1) is 10.9. The Morgan fingerprint density at radius 1 is 1.67 bits per heavy atom. The second kappa shape index (κ2) is 4.91. The van der Waals surface area contributed by atoms with E-state index in [2.05, 4.69) is 9.72 Å². The number of carbonyl (C=O) groups is 1. The SMILES string of the molecule is COC(=O)/C(C#N)=C/c1cccnc1C. The molecule has 15 heavy (non-hydrogen) atoms. The van der Waals surface area contributed by atoms with Gasteiger partial charge in [-0.2, -0.15) is 5.26 Å². The maximum absolute atomic E-state index is 11.1. The molecule has 0 saturated carbocycles. The molecule has 1 rings (SSSR count). The lowest BCUT2D eigenvalue weighted by molar-refractivity contribution is -0.135. The minimum absolute atomic E-state index is 0.0337. The number of nitrogens with zero attached hydrogens (tertiary/aromatic N) is 2. The Labute approximate surface area is 87.8 Å². The van der Waals surface area contributed by atoms with Gasteiger partial charge >= 0.3 is 5.97 Å². The molecule has 0 unspecified atom stereocenters. The zero-order valence-electron chi connectivity index (χ0n) is 8.52. The van der Waals surface area contributed by atoms with Crippen LogP contribution in [0, 0.1) is 18.3 Å². The van der Waals surface area contributed by atoms with Crippen molar-refractivity contribution in [3.8, 4) is 6.07 Å². The van der Waals surface area contributed by atoms with Crippen molar-refractivity contribution in [2.24, 2.45) is 0 Å². The van der Waals surface area contributed by atoms with E-state index < -0.39 is 5.97 Å². The summed E-state index contributed by atoms with van der Waals surface area (Å²) in [6, 6.07) is 5.31. The molecule has 0 bridgehead atoms. The van der Waals surface area contributed by atoms with Crippen LogP contribution in [0.25, 0.3) is 6.08 Å². The number of carbonyl (C=O) groups excluding carboxylic acids is 1. The zero-order chi connectivity index (χ0) is 11.3. The van der Waals surface area contributed by atoms with E-state index in [4.69, 9.17) is 5.26 Å². The number of esters is 1. The van der Waals surface area contributed by atoms with Gasteiger partial charge in [0.1, 0.15) is 11.6 Å². The first-order valence-electron chi connectivity index (χ1n) is 4.30. The summed E-state index contributed by atoms with van der Waals surface area (Å²) in [5.74, 6) is -0.638. The minimum atomic E-state index is -0.638. The van der Waals surface area contributed by atoms with Gasteiger partial charge in [0.2, 0.25) is 0 Å². The molecule has 1 aromatic rings. The third kappa shape index (κ3) is 2.64. The van der Waals surface area contributed by atoms with E-state index >= 15 is 0 Å². The van der Waals surface area contributed by atoms with Crippen molar-refractivity contribution in [3.05, 3.63) is 35.2 Å². The van der Waals surface area contributed by atoms with Crippen LogP contribution in [0.1, 0.15) is 11.3 Å². The number of rotatable bonds is 2. The van der Waals surface area contributed by atoms with E-state index in [-0.39, 0.29) is 5.57 Å². The van der Waals surface area contributed by atoms with Crippen LogP contribution < -0.4 is 0 Å². The average Bonchev–Trinajstić information content (AvgIpc) is 2.27. The van der Waals surface area contributed by atoms with Gasteiger partial charge in [0.25, 0.3) is 0 Å². The molecule has 0 saturated heterocycles. The molecule has 4 nitrogen and oxygen atoms in total. The van der Waals surface area contributed by atoms with E-state index in [9.17, 15) is 4.79 Å². The van der Waals surface area contributed by atoms with Crippen LogP contribution in [0.5, 0.6) is 0 Å². The van der Waals surface area contributed by atoms with Gasteiger partial charge in [-0.05, 0) is 24.6 Å². The number of ether oxygens (including phenoxy) is 1. The molecule has 1 heterocycles. The van der Waals surface area contributed by atoms with Crippen LogP contribution in [0.4, 0.5) is 0 Å². The maximum atomic E-state index is 11.1. The van der Waals surface area contributed by atoms with Crippen molar-refractivity contribution in [2.45, 2.75) is 6.92 Å². The van der Waals surface area contributed by atoms with Gasteiger partial charge in [-0.25, -0.2) is 4.79 Å². The van der Waals surface area contributed by atoms with E-state index in [0.29, 0.717) is 0 Å². The average molecular weight is 202 g/mol. The smallest absolute Gasteiger partial charge is 0.348 e. The number of aryl methyl sites for hydroxylation is 1. The normalized spacial score (nSPS) is 10.6. The predicted molar refractivity (Wildman–Crippen MR) is 54.6 cm³/mol. The first-order chi connectivity index (χ1) is 7.19. The minimum Gasteiger partial charge on any atom is -0.465 e. The molecule has 1 aromatic heterocycles. The number of hydrogen-bond acceptors (Lipinski definition) is 4. The molecule has 0 atom stereocenters. The summed E-state index contributed by atoms with van der Waals surface area (Å²) in [5, 5.41) is 8.74. The van der Waals surface area contributed by atoms with Crippen molar-refractivity contribution in [1.29, 1.82) is 5.26 Å². The second-order valence-corrected chi connectivity index (χ2v) is 2.84. The van der Waals surface area contributed by atoms with Crippen molar-refractivity contribution in [3.63, 3.8) is 0 Å². The van der Waals surface area contributed by atoms with Crippen molar-refractivity contribution in [2.75, 3.05) is 7.11 Å². The summed E-state index contributed by atoms with van der Waals surface area (Å²) < 4.78 is 4.47. The van der Waals surface area contributed by atoms with E-state index in [1.54, 1.807) is 31.3 Å². The Hall–Kier alpha value is -2.15. The fourth-order valence-corrected chi connectivity index (χ4v) is 1.05. The molecule has 0 spiro atoms. The molecule has 0 N–H and O–H groups in total. The Morgan fingerprint density at radius 3 is 2.93 bits per heavy atom. The van der Waals surface area contributed by atoms with Crippen LogP contribution in [0.3, 0.4) is 0 Å². The zero-order valence-corrected chi connectivity index (χ0v) is 8.52. The Kier molecular flexibility index (Phi) is 3.58. The van der Waals surface area contributed by atoms with E-state index in [1.165, 1.54) is 13.2 Å². The molecule has 0 aliphatic rings. The molecule has 0 aliphatic heterocycles. The van der Waals surface area contributed by atoms with Gasteiger partial charge in [-0.15, -0.1) is 0 Å². The van der Waals surface area contributed by atoms with Gasteiger partial charge in [0.15, 0.2) is 0 Å². The van der Waals surface area contributed by atoms with E-state index in [1.807, 2.05) is 0 Å². The predicted octanol–water partition coefficient (Wildman–Crippen LogP) is 1.47. The topological polar surface area (TPSA) is 63.0 Å². The number of aromatic nitrogens is 1. The van der Waals surface area contributed by atoms with Gasteiger partial charge < -0.3 is 4.74 Å². The molecule has 0 fully saturated rings. The maximum Gasteiger partial charge on any atom is 0.348 e. The Bertz CT molecular complexity index is 444. The highest BCUT2D eigenvalue weighted by Crippen LogP contribution is 2.10. The quantitative estimate of drug-likeness (QED) is 0.414. The second-order valence-electron chi connectivity index (χ2n) is 2.84. The summed E-state index contributed by atoms with van der Waals surface area (Å²) in [4.78, 5) is 15.2. The number of methoxy groups -OCH3 is 1. The number of nitriles is 1. The fourth-order valence-electron chi connectivity index (χ4n) is 1.05. The lowest BCUT2D eigenvalue weighted by Gasteiger charge is -1.99. The highest BCUT2D eigenvalue weighted by Gasteiger charge is 2.08. The summed E-state index contributed by atoms with van der Waals surface area (Å²) in [7, 11) is 1.24. The third-order valence-electron chi connectivity index (χ3n) is 1.87. The number of pyridine rings is 1. The van der Waals surface area contributed by atoms with Gasteiger partial charge in [-0.3, -0.25) is 4.98 Å². The van der Waals surface area contributed by atoms with Gasteiger partial charge in [0.05, 0.1) is 7.11 Å². The van der Waals surface area contributed by atoms with Crippen molar-refractivity contribution in [1.82, 2.24) is 4.98 Å². The van der Waals surface area contributed by atoms with Crippen molar-refractivity contribution >= 4 is 12.0 Å². The van der Waals surface area contributed by atoms with Crippen LogP contribution >= 0.6 is 0 Å². The van der Waals surface area contributed by atoms with Crippen LogP contribution in [-0.4, -0.2) is 18.1 Å². The van der Waals surface area contributed by atoms with Crippen LogP contribution in [-0.2, 0) is 9.53 Å². The molecule has 0 radical (unpaired) electrons. The summed E-state index contributed by atoms with van der Waals surface area (Å²) in [6.45, 7) is 1.80. The Balaban J connectivity index is 3.11. The molecular weight excluding hydrogens is 192 g/mol. The van der Waals surface area contributed by atoms with Crippen LogP contribution in [0.2, 0.25) is 0 Å². The molecule has 76 valence electrons.